The van der Waals surface area contributed by atoms with Crippen molar-refractivity contribution in [1.82, 2.24) is 4.90 Å². The number of furan rings is 1. The molecule has 0 atom stereocenters. The summed E-state index contributed by atoms with van der Waals surface area (Å²) >= 11 is 0. The van der Waals surface area contributed by atoms with Crippen LogP contribution in [0.3, 0.4) is 0 Å². The molecule has 1 aromatic carbocycles. The van der Waals surface area contributed by atoms with Gasteiger partial charge in [0.2, 0.25) is 0 Å². The number of nitrogens with zero attached hydrogens (tertiary/aromatic N) is 1. The van der Waals surface area contributed by atoms with Gasteiger partial charge in [0.1, 0.15) is 11.3 Å². The summed E-state index contributed by atoms with van der Waals surface area (Å²) in [7, 11) is 1.94. The van der Waals surface area contributed by atoms with Gasteiger partial charge in [-0.05, 0) is 25.6 Å². The van der Waals surface area contributed by atoms with Crippen LogP contribution in [-0.4, -0.2) is 23.0 Å². The number of hydrogen-bond acceptors (Lipinski definition) is 3. The summed E-state index contributed by atoms with van der Waals surface area (Å²) in [6, 6.07) is 9.74. The predicted octanol–water partition coefficient (Wildman–Crippen LogP) is 2.92. The highest BCUT2D eigenvalue weighted by molar-refractivity contribution is 5.88. The van der Waals surface area contributed by atoms with E-state index in [0.717, 1.165) is 6.54 Å². The van der Waals surface area contributed by atoms with Crippen LogP contribution >= 0.6 is 0 Å². The summed E-state index contributed by atoms with van der Waals surface area (Å²) in [4.78, 5) is 13.0. The van der Waals surface area contributed by atoms with Crippen LogP contribution < -0.4 is 0 Å². The van der Waals surface area contributed by atoms with E-state index in [-0.39, 0.29) is 5.56 Å². The SMILES string of the molecule is Cc1cccc(CN(C)Cc2occc2C(=O)O)c1. The molecule has 0 aliphatic heterocycles. The van der Waals surface area contributed by atoms with Crippen LogP contribution in [-0.2, 0) is 13.1 Å². The Morgan fingerprint density at radius 1 is 1.32 bits per heavy atom. The molecule has 2 aromatic rings. The second-order valence-corrected chi connectivity index (χ2v) is 4.72. The standard InChI is InChI=1S/C15H17NO3/c1-11-4-3-5-12(8-11)9-16(2)10-14-13(15(17)18)6-7-19-14/h3-8H,9-10H2,1-2H3,(H,17,18). The molecule has 1 N–H and O–H groups in total. The number of hydrogen-bond donors (Lipinski definition) is 1. The van der Waals surface area contributed by atoms with Gasteiger partial charge in [0.25, 0.3) is 0 Å². The third-order valence-corrected chi connectivity index (χ3v) is 2.92. The lowest BCUT2D eigenvalue weighted by atomic mass is 10.1. The van der Waals surface area contributed by atoms with Crippen LogP contribution in [0, 0.1) is 6.92 Å². The van der Waals surface area contributed by atoms with E-state index in [9.17, 15) is 4.79 Å². The highest BCUT2D eigenvalue weighted by atomic mass is 16.4. The summed E-state index contributed by atoms with van der Waals surface area (Å²) in [5.41, 5.74) is 2.65. The zero-order chi connectivity index (χ0) is 13.8. The molecule has 1 aromatic heterocycles. The Kier molecular flexibility index (Phi) is 4.02. The van der Waals surface area contributed by atoms with Crippen LogP contribution in [0.2, 0.25) is 0 Å². The van der Waals surface area contributed by atoms with Crippen molar-refractivity contribution in [2.45, 2.75) is 20.0 Å². The molecule has 1 heterocycles. The van der Waals surface area contributed by atoms with Crippen molar-refractivity contribution < 1.29 is 14.3 Å². The first kappa shape index (κ1) is 13.4. The van der Waals surface area contributed by atoms with Crippen molar-refractivity contribution in [3.8, 4) is 0 Å². The number of carboxylic acid groups (broad SMARTS) is 1. The Balaban J connectivity index is 2.03. The smallest absolute Gasteiger partial charge is 0.339 e. The zero-order valence-electron chi connectivity index (χ0n) is 11.1. The van der Waals surface area contributed by atoms with Gasteiger partial charge in [-0.3, -0.25) is 4.90 Å². The van der Waals surface area contributed by atoms with Gasteiger partial charge in [0, 0.05) is 6.54 Å². The Bertz CT molecular complexity index is 574. The molecule has 0 bridgehead atoms. The van der Waals surface area contributed by atoms with Crippen LogP contribution in [0.4, 0.5) is 0 Å². The summed E-state index contributed by atoms with van der Waals surface area (Å²) in [5.74, 6) is -0.463. The highest BCUT2D eigenvalue weighted by Gasteiger charge is 2.14. The molecule has 4 nitrogen and oxygen atoms in total. The molecule has 19 heavy (non-hydrogen) atoms. The van der Waals surface area contributed by atoms with E-state index >= 15 is 0 Å². The van der Waals surface area contributed by atoms with E-state index in [4.69, 9.17) is 9.52 Å². The van der Waals surface area contributed by atoms with E-state index in [1.54, 1.807) is 0 Å². The predicted molar refractivity (Wildman–Crippen MR) is 72.0 cm³/mol. The van der Waals surface area contributed by atoms with Gasteiger partial charge in [-0.25, -0.2) is 4.79 Å². The fourth-order valence-electron chi connectivity index (χ4n) is 2.08. The van der Waals surface area contributed by atoms with E-state index in [0.29, 0.717) is 12.3 Å². The summed E-state index contributed by atoms with van der Waals surface area (Å²) in [5, 5.41) is 9.02. The van der Waals surface area contributed by atoms with Crippen molar-refractivity contribution in [2.24, 2.45) is 0 Å². The van der Waals surface area contributed by atoms with E-state index in [1.807, 2.05) is 18.0 Å². The number of rotatable bonds is 5. The van der Waals surface area contributed by atoms with E-state index in [1.165, 1.54) is 23.5 Å². The van der Waals surface area contributed by atoms with Gasteiger partial charge in [-0.2, -0.15) is 0 Å². The minimum absolute atomic E-state index is 0.232. The summed E-state index contributed by atoms with van der Waals surface area (Å²) < 4.78 is 5.24. The van der Waals surface area contributed by atoms with Gasteiger partial charge in [-0.1, -0.05) is 29.8 Å². The fraction of sp³-hybridized carbons (Fsp3) is 0.267. The molecule has 0 saturated carbocycles. The minimum atomic E-state index is -0.951. The van der Waals surface area contributed by atoms with Gasteiger partial charge in [-0.15, -0.1) is 0 Å². The molecule has 0 saturated heterocycles. The highest BCUT2D eigenvalue weighted by Crippen LogP contribution is 2.14. The van der Waals surface area contributed by atoms with Crippen molar-refractivity contribution >= 4 is 5.97 Å². The first-order valence-electron chi connectivity index (χ1n) is 6.10. The van der Waals surface area contributed by atoms with Crippen molar-refractivity contribution in [3.63, 3.8) is 0 Å². The molecule has 0 amide bonds. The number of carboxylic acids is 1. The average molecular weight is 259 g/mol. The molecule has 0 aliphatic carbocycles. The number of aryl methyl sites for hydroxylation is 1. The van der Waals surface area contributed by atoms with Gasteiger partial charge >= 0.3 is 5.97 Å². The summed E-state index contributed by atoms with van der Waals surface area (Å²) in [6.45, 7) is 3.28. The number of aromatic carboxylic acids is 1. The largest absolute Gasteiger partial charge is 0.478 e. The topological polar surface area (TPSA) is 53.7 Å². The quantitative estimate of drug-likeness (QED) is 0.897. The van der Waals surface area contributed by atoms with Crippen LogP contribution in [0.1, 0.15) is 27.2 Å². The molecule has 0 aliphatic rings. The number of benzene rings is 1. The van der Waals surface area contributed by atoms with Gasteiger partial charge in [0.05, 0.1) is 12.8 Å². The van der Waals surface area contributed by atoms with Crippen LogP contribution in [0.5, 0.6) is 0 Å². The lowest BCUT2D eigenvalue weighted by molar-refractivity contribution is 0.0693. The molecular weight excluding hydrogens is 242 g/mol. The molecule has 4 heteroatoms. The van der Waals surface area contributed by atoms with Crippen molar-refractivity contribution in [3.05, 3.63) is 59.0 Å². The Hall–Kier alpha value is -2.07. The summed E-state index contributed by atoms with van der Waals surface area (Å²) in [6.07, 6.45) is 1.42. The first-order chi connectivity index (χ1) is 9.06. The van der Waals surface area contributed by atoms with Crippen molar-refractivity contribution in [1.29, 1.82) is 0 Å². The first-order valence-corrected chi connectivity index (χ1v) is 6.10. The molecule has 0 radical (unpaired) electrons. The maximum absolute atomic E-state index is 11.0. The lowest BCUT2D eigenvalue weighted by Gasteiger charge is -2.16. The van der Waals surface area contributed by atoms with E-state index in [2.05, 4.69) is 25.1 Å². The molecule has 100 valence electrons. The van der Waals surface area contributed by atoms with Gasteiger partial charge in [0.15, 0.2) is 0 Å². The van der Waals surface area contributed by atoms with Crippen LogP contribution in [0.15, 0.2) is 41.0 Å². The minimum Gasteiger partial charge on any atom is -0.478 e. The van der Waals surface area contributed by atoms with Gasteiger partial charge < -0.3 is 9.52 Å². The Labute approximate surface area is 112 Å². The van der Waals surface area contributed by atoms with Crippen LogP contribution in [0.25, 0.3) is 0 Å². The normalized spacial score (nSPS) is 10.9. The third kappa shape index (κ3) is 3.45. The van der Waals surface area contributed by atoms with E-state index < -0.39 is 5.97 Å². The Morgan fingerprint density at radius 2 is 2.11 bits per heavy atom. The Morgan fingerprint density at radius 3 is 2.79 bits per heavy atom. The molecular formula is C15H17NO3. The molecule has 0 spiro atoms. The molecule has 2 rings (SSSR count). The van der Waals surface area contributed by atoms with Crippen molar-refractivity contribution in [2.75, 3.05) is 7.05 Å². The maximum Gasteiger partial charge on any atom is 0.339 e. The lowest BCUT2D eigenvalue weighted by Crippen LogP contribution is -2.18. The monoisotopic (exact) mass is 259 g/mol. The second-order valence-electron chi connectivity index (χ2n) is 4.72. The third-order valence-electron chi connectivity index (χ3n) is 2.92. The molecule has 0 fully saturated rings. The fourth-order valence-corrected chi connectivity index (χ4v) is 2.08. The molecule has 0 unspecified atom stereocenters. The second kappa shape index (κ2) is 5.71. The average Bonchev–Trinajstić information content (AvgIpc) is 2.76. The maximum atomic E-state index is 11.0. The zero-order valence-corrected chi connectivity index (χ0v) is 11.1. The number of carbonyl (C=O) groups is 1.